The van der Waals surface area contributed by atoms with Gasteiger partial charge in [0.15, 0.2) is 0 Å². The Labute approximate surface area is 70.2 Å². The van der Waals surface area contributed by atoms with Crippen molar-refractivity contribution in [2.24, 2.45) is 20.6 Å². The van der Waals surface area contributed by atoms with Gasteiger partial charge in [-0.15, -0.1) is 0 Å². The highest BCUT2D eigenvalue weighted by atomic mass is 15.8. The molecule has 2 aliphatic rings. The Morgan fingerprint density at radius 2 is 1.42 bits per heavy atom. The summed E-state index contributed by atoms with van der Waals surface area (Å²) in [6, 6.07) is 0. The summed E-state index contributed by atoms with van der Waals surface area (Å²) in [5, 5.41) is 18.8. The molecular formula is C6H10N6. The Morgan fingerprint density at radius 1 is 0.917 bits per heavy atom. The maximum Gasteiger partial charge on any atom is 0.0675 e. The molecule has 0 amide bonds. The molecule has 0 bridgehead atoms. The highest BCUT2D eigenvalue weighted by Gasteiger charge is 2.06. The van der Waals surface area contributed by atoms with Gasteiger partial charge in [0.05, 0.1) is 13.1 Å². The van der Waals surface area contributed by atoms with Gasteiger partial charge < -0.3 is 0 Å². The predicted molar refractivity (Wildman–Crippen MR) is 44.5 cm³/mol. The Balaban J connectivity index is 1.84. The quantitative estimate of drug-likeness (QED) is 0.565. The van der Waals surface area contributed by atoms with Gasteiger partial charge in [0.2, 0.25) is 0 Å². The standard InChI is InChI=1S/C6H10N6/c1-3-7-11(5-1)9-10-12-6-2-4-8-12/h3-4H,1-2,5-6H2/b10-9+. The van der Waals surface area contributed by atoms with Gasteiger partial charge in [-0.05, 0) is 10.4 Å². The van der Waals surface area contributed by atoms with Crippen LogP contribution in [0.3, 0.4) is 0 Å². The summed E-state index contributed by atoms with van der Waals surface area (Å²) in [6.07, 6.45) is 5.54. The minimum Gasteiger partial charge on any atom is -0.167 e. The van der Waals surface area contributed by atoms with E-state index in [0.29, 0.717) is 0 Å². The highest BCUT2D eigenvalue weighted by Crippen LogP contribution is 2.04. The molecule has 64 valence electrons. The lowest BCUT2D eigenvalue weighted by Gasteiger charge is -2.06. The normalized spacial score (nSPS) is 22.0. The lowest BCUT2D eigenvalue weighted by Crippen LogP contribution is -2.09. The summed E-state index contributed by atoms with van der Waals surface area (Å²) in [7, 11) is 0. The van der Waals surface area contributed by atoms with E-state index in [9.17, 15) is 0 Å². The highest BCUT2D eigenvalue weighted by molar-refractivity contribution is 5.58. The van der Waals surface area contributed by atoms with Crippen LogP contribution in [0.15, 0.2) is 20.6 Å². The maximum absolute atomic E-state index is 3.97. The topological polar surface area (TPSA) is 55.9 Å². The molecule has 6 nitrogen and oxygen atoms in total. The van der Waals surface area contributed by atoms with Crippen molar-refractivity contribution in [3.05, 3.63) is 0 Å². The van der Waals surface area contributed by atoms with Crippen LogP contribution in [-0.4, -0.2) is 35.8 Å². The van der Waals surface area contributed by atoms with E-state index in [1.54, 1.807) is 10.2 Å². The second-order valence-electron chi connectivity index (χ2n) is 2.54. The summed E-state index contributed by atoms with van der Waals surface area (Å²) in [5.41, 5.74) is 0. The second-order valence-corrected chi connectivity index (χ2v) is 2.54. The number of nitrogens with zero attached hydrogens (tertiary/aromatic N) is 6. The lowest BCUT2D eigenvalue weighted by molar-refractivity contribution is 0.231. The zero-order valence-corrected chi connectivity index (χ0v) is 6.67. The van der Waals surface area contributed by atoms with Crippen molar-refractivity contribution < 1.29 is 0 Å². The van der Waals surface area contributed by atoms with E-state index in [0.717, 1.165) is 25.9 Å². The van der Waals surface area contributed by atoms with Crippen molar-refractivity contribution in [3.8, 4) is 0 Å². The van der Waals surface area contributed by atoms with Crippen LogP contribution < -0.4 is 0 Å². The van der Waals surface area contributed by atoms with E-state index in [-0.39, 0.29) is 0 Å². The summed E-state index contributed by atoms with van der Waals surface area (Å²) >= 11 is 0. The fourth-order valence-corrected chi connectivity index (χ4v) is 0.994. The molecule has 0 atom stereocenters. The monoisotopic (exact) mass is 166 g/mol. The van der Waals surface area contributed by atoms with Crippen molar-refractivity contribution in [1.82, 2.24) is 10.2 Å². The molecule has 2 heterocycles. The largest absolute Gasteiger partial charge is 0.167 e. The van der Waals surface area contributed by atoms with Crippen molar-refractivity contribution in [2.75, 3.05) is 13.1 Å². The third-order valence-corrected chi connectivity index (χ3v) is 1.59. The van der Waals surface area contributed by atoms with Gasteiger partial charge >= 0.3 is 0 Å². The molecule has 0 N–H and O–H groups in total. The minimum atomic E-state index is 0.820. The molecule has 0 aromatic rings. The first-order valence-corrected chi connectivity index (χ1v) is 3.97. The zero-order chi connectivity index (χ0) is 8.23. The Hall–Kier alpha value is -1.46. The number of hydrogen-bond donors (Lipinski definition) is 0. The van der Waals surface area contributed by atoms with Crippen molar-refractivity contribution in [1.29, 1.82) is 0 Å². The minimum absolute atomic E-state index is 0.820. The average Bonchev–Trinajstić information content (AvgIpc) is 2.74. The van der Waals surface area contributed by atoms with E-state index in [4.69, 9.17) is 0 Å². The Kier molecular flexibility index (Phi) is 1.98. The van der Waals surface area contributed by atoms with Gasteiger partial charge in [-0.2, -0.15) is 20.4 Å². The molecule has 2 aliphatic heterocycles. The smallest absolute Gasteiger partial charge is 0.0675 e. The molecule has 2 rings (SSSR count). The SMILES string of the molecule is C1=NN(/N=N/N2CCC=N2)CC1. The summed E-state index contributed by atoms with van der Waals surface area (Å²) in [4.78, 5) is 0. The zero-order valence-electron chi connectivity index (χ0n) is 6.67. The van der Waals surface area contributed by atoms with Gasteiger partial charge in [-0.3, -0.25) is 0 Å². The number of rotatable bonds is 2. The first kappa shape index (κ1) is 7.20. The van der Waals surface area contributed by atoms with E-state index < -0.39 is 0 Å². The van der Waals surface area contributed by atoms with Crippen molar-refractivity contribution in [3.63, 3.8) is 0 Å². The Bertz CT molecular complexity index is 208. The predicted octanol–water partition coefficient (Wildman–Crippen LogP) is 0.652. The number of hydrazone groups is 2. The Morgan fingerprint density at radius 3 is 1.75 bits per heavy atom. The molecule has 0 aromatic carbocycles. The van der Waals surface area contributed by atoms with Crippen LogP contribution in [0.2, 0.25) is 0 Å². The van der Waals surface area contributed by atoms with Crippen LogP contribution in [0.5, 0.6) is 0 Å². The third-order valence-electron chi connectivity index (χ3n) is 1.59. The first-order valence-electron chi connectivity index (χ1n) is 3.97. The van der Waals surface area contributed by atoms with Gasteiger partial charge in [0.25, 0.3) is 0 Å². The van der Waals surface area contributed by atoms with Gasteiger partial charge in [0, 0.05) is 25.3 Å². The van der Waals surface area contributed by atoms with Crippen LogP contribution in [-0.2, 0) is 0 Å². The molecule has 0 radical (unpaired) electrons. The lowest BCUT2D eigenvalue weighted by atomic mass is 10.5. The molecule has 12 heavy (non-hydrogen) atoms. The molecule has 0 saturated heterocycles. The summed E-state index contributed by atoms with van der Waals surface area (Å²) in [5.74, 6) is 0. The third kappa shape index (κ3) is 1.58. The molecule has 0 saturated carbocycles. The average molecular weight is 166 g/mol. The molecule has 6 heteroatoms. The fourth-order valence-electron chi connectivity index (χ4n) is 0.994. The van der Waals surface area contributed by atoms with Crippen molar-refractivity contribution in [2.45, 2.75) is 12.8 Å². The fraction of sp³-hybridized carbons (Fsp3) is 0.667. The van der Waals surface area contributed by atoms with Crippen LogP contribution in [0.4, 0.5) is 0 Å². The van der Waals surface area contributed by atoms with E-state index in [2.05, 4.69) is 20.6 Å². The summed E-state index contributed by atoms with van der Waals surface area (Å²) < 4.78 is 0. The van der Waals surface area contributed by atoms with Crippen LogP contribution in [0.1, 0.15) is 12.8 Å². The molecule has 0 spiro atoms. The van der Waals surface area contributed by atoms with Gasteiger partial charge in [-0.1, -0.05) is 0 Å². The van der Waals surface area contributed by atoms with Gasteiger partial charge in [0.1, 0.15) is 0 Å². The van der Waals surface area contributed by atoms with Crippen LogP contribution in [0.25, 0.3) is 0 Å². The molecule has 0 aliphatic carbocycles. The maximum atomic E-state index is 3.97. The van der Waals surface area contributed by atoms with Crippen molar-refractivity contribution >= 4 is 12.4 Å². The van der Waals surface area contributed by atoms with E-state index in [1.165, 1.54) is 0 Å². The first-order chi connectivity index (χ1) is 5.95. The molecule has 0 unspecified atom stereocenters. The molecular weight excluding hydrogens is 156 g/mol. The van der Waals surface area contributed by atoms with Gasteiger partial charge in [-0.25, -0.2) is 0 Å². The number of hydrogen-bond acceptors (Lipinski definition) is 4. The molecule has 0 fully saturated rings. The second kappa shape index (κ2) is 3.29. The van der Waals surface area contributed by atoms with E-state index in [1.807, 2.05) is 12.4 Å². The molecule has 0 aromatic heterocycles. The summed E-state index contributed by atoms with van der Waals surface area (Å²) in [6.45, 7) is 1.64. The van der Waals surface area contributed by atoms with Crippen LogP contribution >= 0.6 is 0 Å². The van der Waals surface area contributed by atoms with Crippen LogP contribution in [0, 0.1) is 0 Å². The van der Waals surface area contributed by atoms with E-state index >= 15 is 0 Å².